The van der Waals surface area contributed by atoms with Crippen LogP contribution in [0, 0.1) is 0 Å². The minimum Gasteiger partial charge on any atom is -0.477 e. The predicted molar refractivity (Wildman–Crippen MR) is 27.7 cm³/mol. The van der Waals surface area contributed by atoms with Crippen molar-refractivity contribution in [3.05, 3.63) is 12.0 Å². The highest BCUT2D eigenvalue weighted by atomic mass is 19.1. The van der Waals surface area contributed by atoms with Crippen LogP contribution in [0.15, 0.2) is 12.0 Å². The molecular weight excluding hydrogens is 109 g/mol. The molecule has 1 unspecified atom stereocenters. The first-order valence-corrected chi connectivity index (χ1v) is 2.51. The average Bonchev–Trinajstić information content (AvgIpc) is 1.77. The average molecular weight is 117 g/mol. The molecule has 0 aliphatic carbocycles. The molecule has 0 saturated carbocycles. The van der Waals surface area contributed by atoms with Gasteiger partial charge in [-0.15, -0.1) is 0 Å². The van der Waals surface area contributed by atoms with E-state index in [9.17, 15) is 4.39 Å². The van der Waals surface area contributed by atoms with Crippen molar-refractivity contribution in [3.8, 4) is 0 Å². The van der Waals surface area contributed by atoms with Crippen molar-refractivity contribution in [2.75, 3.05) is 6.61 Å². The van der Waals surface area contributed by atoms with Gasteiger partial charge in [0, 0.05) is 6.42 Å². The van der Waals surface area contributed by atoms with Crippen molar-refractivity contribution in [1.82, 2.24) is 0 Å². The Morgan fingerprint density at radius 3 is 3.00 bits per heavy atom. The van der Waals surface area contributed by atoms with E-state index in [-0.39, 0.29) is 6.61 Å². The fourth-order valence-electron chi connectivity index (χ4n) is 0.558. The fraction of sp³-hybridized carbons (Fsp3) is 0.600. The molecular formula is C5H8FNO. The van der Waals surface area contributed by atoms with E-state index < -0.39 is 6.17 Å². The van der Waals surface area contributed by atoms with E-state index in [0.29, 0.717) is 12.3 Å². The molecule has 0 aromatic carbocycles. The van der Waals surface area contributed by atoms with Crippen LogP contribution in [0.1, 0.15) is 6.42 Å². The van der Waals surface area contributed by atoms with Gasteiger partial charge in [-0.2, -0.15) is 0 Å². The Morgan fingerprint density at radius 2 is 2.62 bits per heavy atom. The summed E-state index contributed by atoms with van der Waals surface area (Å²) < 4.78 is 16.8. The van der Waals surface area contributed by atoms with Crippen molar-refractivity contribution in [2.45, 2.75) is 12.6 Å². The summed E-state index contributed by atoms with van der Waals surface area (Å²) in [6.07, 6.45) is 1.09. The highest BCUT2D eigenvalue weighted by molar-refractivity contribution is 4.92. The highest BCUT2D eigenvalue weighted by Crippen LogP contribution is 2.08. The molecule has 0 fully saturated rings. The van der Waals surface area contributed by atoms with Gasteiger partial charge in [-0.25, -0.2) is 4.39 Å². The standard InChI is InChI=1S/C5H8FNO/c6-4-1-2-5(7)8-3-4/h2,4H,1,3,7H2. The van der Waals surface area contributed by atoms with E-state index >= 15 is 0 Å². The number of alkyl halides is 1. The minimum absolute atomic E-state index is 0.113. The van der Waals surface area contributed by atoms with Gasteiger partial charge in [0.1, 0.15) is 12.8 Å². The van der Waals surface area contributed by atoms with Gasteiger partial charge in [0.25, 0.3) is 0 Å². The topological polar surface area (TPSA) is 35.2 Å². The molecule has 0 bridgehead atoms. The maximum absolute atomic E-state index is 12.1. The normalized spacial score (nSPS) is 28.6. The molecule has 0 spiro atoms. The molecule has 3 heteroatoms. The number of hydrogen-bond acceptors (Lipinski definition) is 2. The number of rotatable bonds is 0. The summed E-state index contributed by atoms with van der Waals surface area (Å²) in [5.74, 6) is 0.346. The zero-order valence-corrected chi connectivity index (χ0v) is 4.43. The second-order valence-corrected chi connectivity index (χ2v) is 1.75. The molecule has 2 N–H and O–H groups in total. The second kappa shape index (κ2) is 2.03. The number of hydrogen-bond donors (Lipinski definition) is 1. The van der Waals surface area contributed by atoms with Crippen LogP contribution in [-0.4, -0.2) is 12.8 Å². The third kappa shape index (κ3) is 1.12. The van der Waals surface area contributed by atoms with Gasteiger partial charge in [-0.05, 0) is 6.08 Å². The zero-order valence-electron chi connectivity index (χ0n) is 4.43. The van der Waals surface area contributed by atoms with Crippen LogP contribution < -0.4 is 5.73 Å². The van der Waals surface area contributed by atoms with Gasteiger partial charge >= 0.3 is 0 Å². The van der Waals surface area contributed by atoms with Crippen molar-refractivity contribution in [1.29, 1.82) is 0 Å². The zero-order chi connectivity index (χ0) is 5.98. The summed E-state index contributed by atoms with van der Waals surface area (Å²) in [7, 11) is 0. The SMILES string of the molecule is NC1=CCC(F)CO1. The summed E-state index contributed by atoms with van der Waals surface area (Å²) in [6.45, 7) is 0.113. The lowest BCUT2D eigenvalue weighted by atomic mass is 10.2. The van der Waals surface area contributed by atoms with E-state index in [1.54, 1.807) is 6.08 Å². The monoisotopic (exact) mass is 117 g/mol. The molecule has 0 saturated heterocycles. The van der Waals surface area contributed by atoms with Crippen molar-refractivity contribution in [2.24, 2.45) is 5.73 Å². The van der Waals surface area contributed by atoms with Crippen molar-refractivity contribution in [3.63, 3.8) is 0 Å². The Kier molecular flexibility index (Phi) is 1.37. The van der Waals surface area contributed by atoms with Gasteiger partial charge in [0.05, 0.1) is 0 Å². The largest absolute Gasteiger partial charge is 0.477 e. The van der Waals surface area contributed by atoms with Crippen molar-refractivity contribution >= 4 is 0 Å². The number of halogens is 1. The molecule has 8 heavy (non-hydrogen) atoms. The predicted octanol–water partition coefficient (Wildman–Crippen LogP) is 0.545. The Balaban J connectivity index is 2.42. The smallest absolute Gasteiger partial charge is 0.180 e. The summed E-state index contributed by atoms with van der Waals surface area (Å²) in [5, 5.41) is 0. The van der Waals surface area contributed by atoms with E-state index in [0.717, 1.165) is 0 Å². The van der Waals surface area contributed by atoms with Crippen molar-refractivity contribution < 1.29 is 9.13 Å². The third-order valence-electron chi connectivity index (χ3n) is 1.01. The van der Waals surface area contributed by atoms with Crippen LogP contribution in [0.25, 0.3) is 0 Å². The highest BCUT2D eigenvalue weighted by Gasteiger charge is 2.10. The molecule has 46 valence electrons. The maximum Gasteiger partial charge on any atom is 0.180 e. The lowest BCUT2D eigenvalue weighted by Crippen LogP contribution is -2.18. The Hall–Kier alpha value is -0.730. The van der Waals surface area contributed by atoms with Crippen LogP contribution in [0.4, 0.5) is 4.39 Å². The summed E-state index contributed by atoms with van der Waals surface area (Å²) in [6, 6.07) is 0. The van der Waals surface area contributed by atoms with E-state index in [1.807, 2.05) is 0 Å². The number of allylic oxidation sites excluding steroid dienone is 1. The molecule has 0 radical (unpaired) electrons. The molecule has 0 aromatic heterocycles. The van der Waals surface area contributed by atoms with Crippen LogP contribution >= 0.6 is 0 Å². The van der Waals surface area contributed by atoms with E-state index in [4.69, 9.17) is 5.73 Å². The first-order chi connectivity index (χ1) is 3.79. The van der Waals surface area contributed by atoms with Gasteiger partial charge in [0.15, 0.2) is 5.88 Å². The molecule has 1 atom stereocenters. The maximum atomic E-state index is 12.1. The summed E-state index contributed by atoms with van der Waals surface area (Å²) >= 11 is 0. The molecule has 2 nitrogen and oxygen atoms in total. The van der Waals surface area contributed by atoms with Crippen LogP contribution in [0.2, 0.25) is 0 Å². The van der Waals surface area contributed by atoms with E-state index in [2.05, 4.69) is 4.74 Å². The number of ether oxygens (including phenoxy) is 1. The van der Waals surface area contributed by atoms with Gasteiger partial charge < -0.3 is 10.5 Å². The molecule has 1 aliphatic rings. The molecule has 1 heterocycles. The summed E-state index contributed by atoms with van der Waals surface area (Å²) in [5.41, 5.74) is 5.17. The van der Waals surface area contributed by atoms with Crippen LogP contribution in [-0.2, 0) is 4.74 Å². The quantitative estimate of drug-likeness (QED) is 0.502. The first kappa shape index (κ1) is 5.41. The van der Waals surface area contributed by atoms with E-state index in [1.165, 1.54) is 0 Å². The van der Waals surface area contributed by atoms with Crippen LogP contribution in [0.5, 0.6) is 0 Å². The Bertz CT molecular complexity index is 113. The lowest BCUT2D eigenvalue weighted by molar-refractivity contribution is 0.115. The van der Waals surface area contributed by atoms with Gasteiger partial charge in [0.2, 0.25) is 0 Å². The lowest BCUT2D eigenvalue weighted by Gasteiger charge is -2.13. The first-order valence-electron chi connectivity index (χ1n) is 2.51. The van der Waals surface area contributed by atoms with Gasteiger partial charge in [-0.3, -0.25) is 0 Å². The van der Waals surface area contributed by atoms with Gasteiger partial charge in [-0.1, -0.05) is 0 Å². The molecule has 1 aliphatic heterocycles. The fourth-order valence-corrected chi connectivity index (χ4v) is 0.558. The molecule has 0 aromatic rings. The van der Waals surface area contributed by atoms with Crippen LogP contribution in [0.3, 0.4) is 0 Å². The number of nitrogens with two attached hydrogens (primary N) is 1. The third-order valence-corrected chi connectivity index (χ3v) is 1.01. The Labute approximate surface area is 47.1 Å². The molecule has 1 rings (SSSR count). The Morgan fingerprint density at radius 1 is 1.88 bits per heavy atom. The second-order valence-electron chi connectivity index (χ2n) is 1.75. The minimum atomic E-state index is -0.859. The molecule has 0 amide bonds. The summed E-state index contributed by atoms with van der Waals surface area (Å²) in [4.78, 5) is 0.